The van der Waals surface area contributed by atoms with Crippen LogP contribution in [0.3, 0.4) is 0 Å². The summed E-state index contributed by atoms with van der Waals surface area (Å²) in [5, 5.41) is 23.3. The van der Waals surface area contributed by atoms with Crippen LogP contribution in [0.1, 0.15) is 71.6 Å². The highest BCUT2D eigenvalue weighted by molar-refractivity contribution is 6.01. The molecule has 0 radical (unpaired) electrons. The Hall–Kier alpha value is -2.85. The minimum absolute atomic E-state index is 0.00852. The van der Waals surface area contributed by atoms with Gasteiger partial charge < -0.3 is 24.6 Å². The summed E-state index contributed by atoms with van der Waals surface area (Å²) < 4.78 is 9.98. The van der Waals surface area contributed by atoms with Crippen molar-refractivity contribution in [1.82, 2.24) is 4.90 Å². The molecule has 224 valence electrons. The van der Waals surface area contributed by atoms with Crippen LogP contribution in [0, 0.1) is 28.6 Å². The molecule has 1 heterocycles. The predicted molar refractivity (Wildman–Crippen MR) is 145 cm³/mol. The molecule has 8 unspecified atom stereocenters. The van der Waals surface area contributed by atoms with Crippen LogP contribution in [0.5, 0.6) is 0 Å². The molecule has 5 aliphatic rings. The van der Waals surface area contributed by atoms with Crippen molar-refractivity contribution in [1.29, 1.82) is 0 Å². The molecule has 5 rings (SSSR count). The van der Waals surface area contributed by atoms with E-state index in [0.29, 0.717) is 25.8 Å². The summed E-state index contributed by atoms with van der Waals surface area (Å²) in [5.41, 5.74) is -2.05. The Kier molecular flexibility index (Phi) is 7.78. The van der Waals surface area contributed by atoms with Gasteiger partial charge in [-0.1, -0.05) is 25.5 Å². The molecule has 0 aromatic heterocycles. The lowest BCUT2D eigenvalue weighted by atomic mass is 9.46. The minimum Gasteiger partial charge on any atom is -0.467 e. The van der Waals surface area contributed by atoms with Gasteiger partial charge in [0, 0.05) is 29.7 Å². The van der Waals surface area contributed by atoms with Gasteiger partial charge in [0.05, 0.1) is 19.6 Å². The average Bonchev–Trinajstić information content (AvgIpc) is 3.53. The first-order valence-electron chi connectivity index (χ1n) is 14.8. The lowest BCUT2D eigenvalue weighted by Crippen LogP contribution is -2.61. The summed E-state index contributed by atoms with van der Waals surface area (Å²) in [7, 11) is 1.27. The average molecular weight is 572 g/mol. The van der Waals surface area contributed by atoms with Gasteiger partial charge >= 0.3 is 11.9 Å². The maximum Gasteiger partial charge on any atom is 0.328 e. The number of hydrogen-bond acceptors (Lipinski definition) is 9. The van der Waals surface area contributed by atoms with Gasteiger partial charge in [0.25, 0.3) is 0 Å². The zero-order valence-electron chi connectivity index (χ0n) is 24.1. The highest BCUT2D eigenvalue weighted by Gasteiger charge is 2.68. The van der Waals surface area contributed by atoms with Gasteiger partial charge in [0.15, 0.2) is 12.4 Å². The minimum atomic E-state index is -1.75. The van der Waals surface area contributed by atoms with E-state index in [1.807, 2.05) is 13.0 Å². The summed E-state index contributed by atoms with van der Waals surface area (Å²) >= 11 is 0. The maximum absolute atomic E-state index is 13.4. The first kappa shape index (κ1) is 29.6. The van der Waals surface area contributed by atoms with Crippen LogP contribution in [-0.4, -0.2) is 82.5 Å². The lowest BCUT2D eigenvalue weighted by molar-refractivity contribution is -0.181. The van der Waals surface area contributed by atoms with E-state index in [1.54, 1.807) is 12.2 Å². The largest absolute Gasteiger partial charge is 0.467 e. The van der Waals surface area contributed by atoms with Crippen LogP contribution in [0.25, 0.3) is 0 Å². The monoisotopic (exact) mass is 571 g/mol. The van der Waals surface area contributed by atoms with Crippen LogP contribution in [-0.2, 0) is 33.4 Å². The number of aliphatic hydroxyl groups is 2. The molecule has 41 heavy (non-hydrogen) atoms. The van der Waals surface area contributed by atoms with E-state index >= 15 is 0 Å². The van der Waals surface area contributed by atoms with Crippen LogP contribution in [0.4, 0.5) is 0 Å². The molecule has 0 aromatic carbocycles. The smallest absolute Gasteiger partial charge is 0.328 e. The molecule has 4 fully saturated rings. The maximum atomic E-state index is 13.4. The fourth-order valence-corrected chi connectivity index (χ4v) is 8.93. The van der Waals surface area contributed by atoms with Crippen LogP contribution < -0.4 is 0 Å². The number of carbonyl (C=O) groups is 5. The number of ether oxygens (including phenoxy) is 2. The number of amides is 1. The molecule has 0 aromatic rings. The molecule has 2 N–H and O–H groups in total. The first-order valence-corrected chi connectivity index (χ1v) is 14.8. The van der Waals surface area contributed by atoms with Crippen molar-refractivity contribution in [3.63, 3.8) is 0 Å². The predicted octanol–water partition coefficient (Wildman–Crippen LogP) is 2.05. The van der Waals surface area contributed by atoms with E-state index in [2.05, 4.69) is 6.92 Å². The number of methoxy groups -OCH3 is 1. The molecule has 1 amide bonds. The fraction of sp³-hybridized carbons (Fsp3) is 0.710. The van der Waals surface area contributed by atoms with Crippen molar-refractivity contribution in [2.45, 2.75) is 89.4 Å². The number of fused-ring (bicyclic) bond motifs is 5. The number of hydrogen-bond donors (Lipinski definition) is 2. The van der Waals surface area contributed by atoms with E-state index < -0.39 is 52.9 Å². The Labute approximate surface area is 240 Å². The van der Waals surface area contributed by atoms with Crippen molar-refractivity contribution < 1.29 is 43.7 Å². The van der Waals surface area contributed by atoms with Crippen LogP contribution >= 0.6 is 0 Å². The van der Waals surface area contributed by atoms with Crippen molar-refractivity contribution >= 4 is 29.4 Å². The first-order chi connectivity index (χ1) is 19.4. The van der Waals surface area contributed by atoms with Gasteiger partial charge in [0.2, 0.25) is 11.7 Å². The molecule has 10 heteroatoms. The third-order valence-corrected chi connectivity index (χ3v) is 11.1. The van der Waals surface area contributed by atoms with Gasteiger partial charge in [-0.25, -0.2) is 4.79 Å². The van der Waals surface area contributed by atoms with Crippen LogP contribution in [0.15, 0.2) is 23.8 Å². The molecular formula is C31H41NO9. The Bertz CT molecular complexity index is 1210. The second-order valence-electron chi connectivity index (χ2n) is 13.0. The Morgan fingerprint density at radius 1 is 1.12 bits per heavy atom. The molecule has 1 aliphatic heterocycles. The Balaban J connectivity index is 1.20. The number of Topliss-reactive ketones (excluding diaryl/α,β-unsaturated/α-hetero) is 1. The Morgan fingerprint density at radius 3 is 2.61 bits per heavy atom. The summed E-state index contributed by atoms with van der Waals surface area (Å²) in [5.74, 6) is -2.25. The van der Waals surface area contributed by atoms with Gasteiger partial charge in [-0.05, 0) is 68.9 Å². The van der Waals surface area contributed by atoms with Gasteiger partial charge in [-0.3, -0.25) is 19.2 Å². The number of likely N-dealkylation sites (tertiary alicyclic amines) is 1. The Morgan fingerprint density at radius 2 is 1.88 bits per heavy atom. The van der Waals surface area contributed by atoms with Crippen molar-refractivity contribution in [3.8, 4) is 0 Å². The van der Waals surface area contributed by atoms with E-state index in [-0.39, 0.29) is 55.1 Å². The highest BCUT2D eigenvalue weighted by Crippen LogP contribution is 2.67. The topological polar surface area (TPSA) is 148 Å². The van der Waals surface area contributed by atoms with E-state index in [4.69, 9.17) is 9.47 Å². The standard InChI is InChI=1S/C31H41NO9/c1-29-12-10-19(33)15-18(29)6-7-20-21-11-13-31(39,30(21,2)16-23(34)27(20)29)24(35)17-41-26(37)9-8-25(36)32-14-4-5-22(32)28(38)40-3/h10,12,15,20-23,27,34,39H,4-9,11,13-14,16-17H2,1-3H3. The molecule has 3 saturated carbocycles. The number of esters is 2. The van der Waals surface area contributed by atoms with E-state index in [9.17, 15) is 34.2 Å². The number of aliphatic hydroxyl groups excluding tert-OH is 1. The van der Waals surface area contributed by atoms with Crippen molar-refractivity contribution in [2.24, 2.45) is 28.6 Å². The number of rotatable bonds is 7. The van der Waals surface area contributed by atoms with Gasteiger partial charge in [0.1, 0.15) is 11.6 Å². The number of allylic oxidation sites excluding steroid dienone is 4. The summed E-state index contributed by atoms with van der Waals surface area (Å²) in [6.45, 7) is 3.74. The van der Waals surface area contributed by atoms with Gasteiger partial charge in [-0.15, -0.1) is 0 Å². The molecule has 0 spiro atoms. The number of carbonyl (C=O) groups excluding carboxylic acids is 5. The van der Waals surface area contributed by atoms with E-state index in [1.165, 1.54) is 12.0 Å². The third kappa shape index (κ3) is 4.76. The fourth-order valence-electron chi connectivity index (χ4n) is 8.93. The summed E-state index contributed by atoms with van der Waals surface area (Å²) in [6, 6.07) is -0.646. The zero-order chi connectivity index (χ0) is 29.7. The summed E-state index contributed by atoms with van der Waals surface area (Å²) in [6.07, 6.45) is 7.75. The van der Waals surface area contributed by atoms with E-state index in [0.717, 1.165) is 18.4 Å². The lowest BCUT2D eigenvalue weighted by Gasteiger charge is -2.59. The molecule has 1 saturated heterocycles. The SMILES string of the molecule is COC(=O)C1CCCN1C(=O)CCC(=O)OCC(=O)C1(O)CCC2C3CCC4=CC(=O)C=CC4(C)C3C(O)CC21C. The second kappa shape index (κ2) is 10.8. The molecule has 8 atom stereocenters. The molecule has 10 nitrogen and oxygen atoms in total. The molecular weight excluding hydrogens is 530 g/mol. The highest BCUT2D eigenvalue weighted by atomic mass is 16.5. The second-order valence-corrected chi connectivity index (χ2v) is 13.0. The molecule has 4 aliphatic carbocycles. The van der Waals surface area contributed by atoms with Crippen molar-refractivity contribution in [2.75, 3.05) is 20.3 Å². The third-order valence-electron chi connectivity index (χ3n) is 11.1. The molecule has 0 bridgehead atoms. The number of ketones is 2. The van der Waals surface area contributed by atoms with Crippen molar-refractivity contribution in [3.05, 3.63) is 23.8 Å². The normalized spacial score (nSPS) is 39.3. The van der Waals surface area contributed by atoms with Crippen LogP contribution in [0.2, 0.25) is 0 Å². The zero-order valence-corrected chi connectivity index (χ0v) is 24.1. The summed E-state index contributed by atoms with van der Waals surface area (Å²) in [4.78, 5) is 63.8. The number of nitrogens with zero attached hydrogens (tertiary/aromatic N) is 1. The van der Waals surface area contributed by atoms with Gasteiger partial charge in [-0.2, -0.15) is 0 Å². The quantitative estimate of drug-likeness (QED) is 0.438.